The van der Waals surface area contributed by atoms with Crippen LogP contribution in [0.15, 0.2) is 18.2 Å². The molecule has 1 heterocycles. The average Bonchev–Trinajstić information content (AvgIpc) is 2.72. The van der Waals surface area contributed by atoms with Crippen molar-refractivity contribution in [2.45, 2.75) is 38.0 Å². The highest BCUT2D eigenvalue weighted by molar-refractivity contribution is 6.42. The van der Waals surface area contributed by atoms with Gasteiger partial charge in [0.2, 0.25) is 0 Å². The third-order valence-corrected chi connectivity index (χ3v) is 3.97. The molecule has 1 aliphatic rings. The summed E-state index contributed by atoms with van der Waals surface area (Å²) in [6.45, 7) is 2.06. The fourth-order valence-electron chi connectivity index (χ4n) is 2.24. The molecule has 0 spiro atoms. The Morgan fingerprint density at radius 3 is 2.76 bits per heavy atom. The molecule has 0 radical (unpaired) electrons. The smallest absolute Gasteiger partial charge is 0.0787 e. The van der Waals surface area contributed by atoms with E-state index >= 15 is 0 Å². The number of hydrogen-bond acceptors (Lipinski definition) is 3. The lowest BCUT2D eigenvalue weighted by atomic mass is 10.00. The first-order chi connectivity index (χ1) is 8.13. The summed E-state index contributed by atoms with van der Waals surface area (Å²) in [7, 11) is 0. The third kappa shape index (κ3) is 2.75. The molecule has 3 nitrogen and oxygen atoms in total. The van der Waals surface area contributed by atoms with Crippen LogP contribution in [0.4, 0.5) is 0 Å². The van der Waals surface area contributed by atoms with E-state index in [1.165, 1.54) is 0 Å². The van der Waals surface area contributed by atoms with E-state index in [4.69, 9.17) is 33.8 Å². The van der Waals surface area contributed by atoms with Crippen LogP contribution in [-0.4, -0.2) is 12.2 Å². The Balaban J connectivity index is 2.26. The number of ether oxygens (including phenoxy) is 1. The predicted molar refractivity (Wildman–Crippen MR) is 70.1 cm³/mol. The van der Waals surface area contributed by atoms with Gasteiger partial charge in [-0.3, -0.25) is 11.3 Å². The van der Waals surface area contributed by atoms with Gasteiger partial charge in [0.05, 0.1) is 28.3 Å². The minimum atomic E-state index is -0.119. The number of hydrogen-bond donors (Lipinski definition) is 2. The van der Waals surface area contributed by atoms with Gasteiger partial charge in [0.15, 0.2) is 0 Å². The van der Waals surface area contributed by atoms with Crippen molar-refractivity contribution in [2.24, 2.45) is 5.84 Å². The van der Waals surface area contributed by atoms with Crippen molar-refractivity contribution in [3.63, 3.8) is 0 Å². The zero-order valence-corrected chi connectivity index (χ0v) is 11.1. The zero-order valence-electron chi connectivity index (χ0n) is 9.62. The van der Waals surface area contributed by atoms with Crippen molar-refractivity contribution in [2.75, 3.05) is 0 Å². The van der Waals surface area contributed by atoms with Crippen LogP contribution in [0.25, 0.3) is 0 Å². The SMILES string of the molecule is CC1CCC(C(NN)c2cccc(Cl)c2Cl)O1. The van der Waals surface area contributed by atoms with E-state index in [9.17, 15) is 0 Å². The molecule has 0 amide bonds. The molecule has 0 aromatic heterocycles. The molecule has 2 rings (SSSR count). The molecule has 0 saturated carbocycles. The van der Waals surface area contributed by atoms with Crippen LogP contribution in [0.2, 0.25) is 10.0 Å². The largest absolute Gasteiger partial charge is 0.373 e. The van der Waals surface area contributed by atoms with E-state index in [1.54, 1.807) is 6.07 Å². The highest BCUT2D eigenvalue weighted by atomic mass is 35.5. The van der Waals surface area contributed by atoms with Gasteiger partial charge in [-0.15, -0.1) is 0 Å². The van der Waals surface area contributed by atoms with Crippen LogP contribution < -0.4 is 11.3 Å². The van der Waals surface area contributed by atoms with Crippen LogP contribution in [0.5, 0.6) is 0 Å². The van der Waals surface area contributed by atoms with Gasteiger partial charge in [0, 0.05) is 0 Å². The summed E-state index contributed by atoms with van der Waals surface area (Å²) in [6, 6.07) is 5.43. The minimum Gasteiger partial charge on any atom is -0.373 e. The maximum Gasteiger partial charge on any atom is 0.0787 e. The molecule has 1 saturated heterocycles. The Hall–Kier alpha value is -0.320. The second kappa shape index (κ2) is 5.55. The van der Waals surface area contributed by atoms with Gasteiger partial charge < -0.3 is 4.74 Å². The Bertz CT molecular complexity index is 400. The van der Waals surface area contributed by atoms with E-state index in [0.717, 1.165) is 18.4 Å². The van der Waals surface area contributed by atoms with Crippen LogP contribution in [0.1, 0.15) is 31.4 Å². The molecule has 3 atom stereocenters. The molecule has 0 aliphatic carbocycles. The standard InChI is InChI=1S/C12H16Cl2N2O/c1-7-5-6-10(17-7)12(16-15)8-3-2-4-9(13)11(8)14/h2-4,7,10,12,16H,5-6,15H2,1H3. The summed E-state index contributed by atoms with van der Waals surface area (Å²) in [4.78, 5) is 0. The number of benzene rings is 1. The van der Waals surface area contributed by atoms with Crippen LogP contribution >= 0.6 is 23.2 Å². The Morgan fingerprint density at radius 1 is 1.41 bits per heavy atom. The number of nitrogens with one attached hydrogen (secondary N) is 1. The summed E-state index contributed by atoms with van der Waals surface area (Å²) in [5.74, 6) is 5.62. The molecule has 3 unspecified atom stereocenters. The van der Waals surface area contributed by atoms with Crippen molar-refractivity contribution in [3.05, 3.63) is 33.8 Å². The van der Waals surface area contributed by atoms with Gasteiger partial charge >= 0.3 is 0 Å². The van der Waals surface area contributed by atoms with E-state index in [-0.39, 0.29) is 18.2 Å². The molecule has 0 bridgehead atoms. The first kappa shape index (κ1) is 13.1. The number of rotatable bonds is 3. The second-order valence-electron chi connectivity index (χ2n) is 4.35. The highest BCUT2D eigenvalue weighted by Gasteiger charge is 2.31. The van der Waals surface area contributed by atoms with Gasteiger partial charge in [-0.1, -0.05) is 35.3 Å². The van der Waals surface area contributed by atoms with E-state index in [2.05, 4.69) is 12.3 Å². The lowest BCUT2D eigenvalue weighted by Gasteiger charge is -2.24. The number of nitrogens with two attached hydrogens (primary N) is 1. The van der Waals surface area contributed by atoms with Crippen molar-refractivity contribution in [3.8, 4) is 0 Å². The number of halogens is 2. The molecule has 1 aromatic carbocycles. The molecule has 3 N–H and O–H groups in total. The lowest BCUT2D eigenvalue weighted by molar-refractivity contribution is 0.0316. The topological polar surface area (TPSA) is 47.3 Å². The molecular formula is C12H16Cl2N2O. The minimum absolute atomic E-state index is 0.0472. The summed E-state index contributed by atoms with van der Waals surface area (Å²) >= 11 is 12.2. The van der Waals surface area contributed by atoms with Crippen molar-refractivity contribution in [1.82, 2.24) is 5.43 Å². The molecule has 5 heteroatoms. The monoisotopic (exact) mass is 274 g/mol. The van der Waals surface area contributed by atoms with Crippen LogP contribution in [0, 0.1) is 0 Å². The molecular weight excluding hydrogens is 259 g/mol. The van der Waals surface area contributed by atoms with E-state index < -0.39 is 0 Å². The zero-order chi connectivity index (χ0) is 12.4. The Labute approximate surface area is 111 Å². The maximum absolute atomic E-state index is 6.20. The van der Waals surface area contributed by atoms with Crippen LogP contribution in [0.3, 0.4) is 0 Å². The third-order valence-electron chi connectivity index (χ3n) is 3.13. The normalized spacial score (nSPS) is 26.1. The highest BCUT2D eigenvalue weighted by Crippen LogP contribution is 2.35. The Kier molecular flexibility index (Phi) is 4.28. The molecule has 1 aromatic rings. The average molecular weight is 275 g/mol. The maximum atomic E-state index is 6.20. The Morgan fingerprint density at radius 2 is 2.18 bits per heavy atom. The van der Waals surface area contributed by atoms with E-state index in [1.807, 2.05) is 12.1 Å². The summed E-state index contributed by atoms with van der Waals surface area (Å²) in [6.07, 6.45) is 2.33. The lowest BCUT2D eigenvalue weighted by Crippen LogP contribution is -2.36. The predicted octanol–water partition coefficient (Wildman–Crippen LogP) is 3.07. The van der Waals surface area contributed by atoms with Gasteiger partial charge in [0.1, 0.15) is 0 Å². The fraction of sp³-hybridized carbons (Fsp3) is 0.500. The first-order valence-electron chi connectivity index (χ1n) is 5.69. The van der Waals surface area contributed by atoms with Crippen molar-refractivity contribution < 1.29 is 4.74 Å². The van der Waals surface area contributed by atoms with Crippen molar-refractivity contribution >= 4 is 23.2 Å². The second-order valence-corrected chi connectivity index (χ2v) is 5.14. The quantitative estimate of drug-likeness (QED) is 0.658. The first-order valence-corrected chi connectivity index (χ1v) is 6.44. The molecule has 94 valence electrons. The summed E-state index contributed by atoms with van der Waals surface area (Å²) < 4.78 is 5.82. The van der Waals surface area contributed by atoms with Crippen molar-refractivity contribution in [1.29, 1.82) is 0 Å². The molecule has 1 fully saturated rings. The van der Waals surface area contributed by atoms with Gasteiger partial charge in [-0.2, -0.15) is 0 Å². The molecule has 17 heavy (non-hydrogen) atoms. The fourth-order valence-corrected chi connectivity index (χ4v) is 2.66. The summed E-state index contributed by atoms with van der Waals surface area (Å²) in [5.41, 5.74) is 3.67. The van der Waals surface area contributed by atoms with Gasteiger partial charge in [-0.25, -0.2) is 0 Å². The molecule has 1 aliphatic heterocycles. The van der Waals surface area contributed by atoms with E-state index in [0.29, 0.717) is 10.0 Å². The summed E-state index contributed by atoms with van der Waals surface area (Å²) in [5, 5.41) is 1.08. The van der Waals surface area contributed by atoms with Gasteiger partial charge in [-0.05, 0) is 31.4 Å². The van der Waals surface area contributed by atoms with Gasteiger partial charge in [0.25, 0.3) is 0 Å². The number of hydrazine groups is 1. The van der Waals surface area contributed by atoms with Crippen LogP contribution in [-0.2, 0) is 4.74 Å².